The van der Waals surface area contributed by atoms with Gasteiger partial charge in [-0.1, -0.05) is 0 Å². The van der Waals surface area contributed by atoms with Crippen molar-refractivity contribution in [1.29, 1.82) is 0 Å². The molecule has 0 amide bonds. The SMILES string of the molecule is Cc1c(I)ccc2c1NCCC2=O. The fraction of sp³-hybridized carbons (Fsp3) is 0.300. The predicted octanol–water partition coefficient (Wildman–Crippen LogP) is 2.60. The van der Waals surface area contributed by atoms with E-state index in [1.807, 2.05) is 19.1 Å². The van der Waals surface area contributed by atoms with Crippen LogP contribution in [0.1, 0.15) is 22.3 Å². The van der Waals surface area contributed by atoms with E-state index in [0.29, 0.717) is 6.42 Å². The van der Waals surface area contributed by atoms with Crippen LogP contribution in [-0.4, -0.2) is 12.3 Å². The third kappa shape index (κ3) is 1.45. The maximum absolute atomic E-state index is 11.5. The molecule has 0 aliphatic carbocycles. The summed E-state index contributed by atoms with van der Waals surface area (Å²) in [6, 6.07) is 3.91. The van der Waals surface area contributed by atoms with E-state index in [4.69, 9.17) is 0 Å². The van der Waals surface area contributed by atoms with Crippen molar-refractivity contribution in [3.8, 4) is 0 Å². The lowest BCUT2D eigenvalue weighted by molar-refractivity contribution is 0.0983. The fourth-order valence-electron chi connectivity index (χ4n) is 1.58. The molecule has 1 aliphatic heterocycles. The number of anilines is 1. The first-order valence-electron chi connectivity index (χ1n) is 4.26. The Kier molecular flexibility index (Phi) is 2.27. The highest BCUT2D eigenvalue weighted by atomic mass is 127. The molecule has 0 unspecified atom stereocenters. The van der Waals surface area contributed by atoms with E-state index < -0.39 is 0 Å². The summed E-state index contributed by atoms with van der Waals surface area (Å²) in [5.74, 6) is 0.258. The molecule has 2 nitrogen and oxygen atoms in total. The molecular formula is C10H10INO. The van der Waals surface area contributed by atoms with Crippen molar-refractivity contribution in [2.45, 2.75) is 13.3 Å². The smallest absolute Gasteiger partial charge is 0.166 e. The lowest BCUT2D eigenvalue weighted by Gasteiger charge is -2.19. The number of carbonyl (C=O) groups excluding carboxylic acids is 1. The lowest BCUT2D eigenvalue weighted by atomic mass is 9.99. The van der Waals surface area contributed by atoms with Crippen molar-refractivity contribution in [2.24, 2.45) is 0 Å². The highest BCUT2D eigenvalue weighted by Crippen LogP contribution is 2.28. The molecule has 13 heavy (non-hydrogen) atoms. The van der Waals surface area contributed by atoms with Crippen LogP contribution in [0.3, 0.4) is 0 Å². The minimum absolute atomic E-state index is 0.258. The number of benzene rings is 1. The molecule has 0 fully saturated rings. The molecular weight excluding hydrogens is 277 g/mol. The number of hydrogen-bond acceptors (Lipinski definition) is 2. The Morgan fingerprint density at radius 3 is 3.00 bits per heavy atom. The van der Waals surface area contributed by atoms with Gasteiger partial charge in [-0.25, -0.2) is 0 Å². The van der Waals surface area contributed by atoms with Gasteiger partial charge in [0.05, 0.1) is 0 Å². The highest BCUT2D eigenvalue weighted by Gasteiger charge is 2.18. The summed E-state index contributed by atoms with van der Waals surface area (Å²) in [6.07, 6.45) is 0.618. The molecule has 0 aromatic heterocycles. The third-order valence-corrected chi connectivity index (χ3v) is 3.52. The van der Waals surface area contributed by atoms with Gasteiger partial charge in [0.25, 0.3) is 0 Å². The molecule has 0 radical (unpaired) electrons. The molecule has 3 heteroatoms. The van der Waals surface area contributed by atoms with Crippen LogP contribution in [0.2, 0.25) is 0 Å². The zero-order chi connectivity index (χ0) is 9.42. The fourth-order valence-corrected chi connectivity index (χ4v) is 2.03. The van der Waals surface area contributed by atoms with Crippen LogP contribution < -0.4 is 5.32 Å². The van der Waals surface area contributed by atoms with Crippen LogP contribution in [0.4, 0.5) is 5.69 Å². The average Bonchev–Trinajstić information content (AvgIpc) is 2.12. The summed E-state index contributed by atoms with van der Waals surface area (Å²) in [7, 11) is 0. The van der Waals surface area contributed by atoms with E-state index in [-0.39, 0.29) is 5.78 Å². The maximum Gasteiger partial charge on any atom is 0.166 e. The monoisotopic (exact) mass is 287 g/mol. The lowest BCUT2D eigenvalue weighted by Crippen LogP contribution is -2.19. The molecule has 1 aliphatic rings. The zero-order valence-electron chi connectivity index (χ0n) is 7.36. The number of carbonyl (C=O) groups is 1. The first kappa shape index (κ1) is 8.99. The minimum Gasteiger partial charge on any atom is -0.384 e. The molecule has 0 atom stereocenters. The van der Waals surface area contributed by atoms with Gasteiger partial charge >= 0.3 is 0 Å². The van der Waals surface area contributed by atoms with Crippen LogP contribution in [0.25, 0.3) is 0 Å². The quantitative estimate of drug-likeness (QED) is 0.743. The standard InChI is InChI=1S/C10H10INO/c1-6-8(11)3-2-7-9(13)4-5-12-10(6)7/h2-3,12H,4-5H2,1H3. The summed E-state index contributed by atoms with van der Waals surface area (Å²) in [5.41, 5.74) is 3.07. The minimum atomic E-state index is 0.258. The third-order valence-electron chi connectivity index (χ3n) is 2.35. The van der Waals surface area contributed by atoms with Gasteiger partial charge in [0.15, 0.2) is 5.78 Å². The van der Waals surface area contributed by atoms with E-state index in [2.05, 4.69) is 27.9 Å². The van der Waals surface area contributed by atoms with Crippen molar-refractivity contribution in [3.05, 3.63) is 26.8 Å². The summed E-state index contributed by atoms with van der Waals surface area (Å²) in [4.78, 5) is 11.5. The van der Waals surface area contributed by atoms with Gasteiger partial charge in [0.2, 0.25) is 0 Å². The Labute approximate surface area is 90.9 Å². The number of hydrogen-bond donors (Lipinski definition) is 1. The van der Waals surface area contributed by atoms with Crippen LogP contribution in [0.5, 0.6) is 0 Å². The van der Waals surface area contributed by atoms with Crippen LogP contribution in [0.15, 0.2) is 12.1 Å². The van der Waals surface area contributed by atoms with Gasteiger partial charge < -0.3 is 5.32 Å². The Balaban J connectivity index is 2.63. The molecule has 1 aromatic rings. The largest absolute Gasteiger partial charge is 0.384 e. The van der Waals surface area contributed by atoms with Crippen LogP contribution >= 0.6 is 22.6 Å². The molecule has 2 rings (SSSR count). The van der Waals surface area contributed by atoms with E-state index in [0.717, 1.165) is 17.8 Å². The normalized spacial score (nSPS) is 15.1. The Morgan fingerprint density at radius 2 is 2.23 bits per heavy atom. The summed E-state index contributed by atoms with van der Waals surface area (Å²) in [6.45, 7) is 2.82. The zero-order valence-corrected chi connectivity index (χ0v) is 9.51. The highest BCUT2D eigenvalue weighted by molar-refractivity contribution is 14.1. The molecule has 0 saturated heterocycles. The molecule has 0 bridgehead atoms. The number of nitrogens with one attached hydrogen (secondary N) is 1. The Hall–Kier alpha value is -0.580. The van der Waals surface area contributed by atoms with Crippen molar-refractivity contribution >= 4 is 34.1 Å². The summed E-state index contributed by atoms with van der Waals surface area (Å²) < 4.78 is 1.21. The number of ketones is 1. The molecule has 68 valence electrons. The van der Waals surface area contributed by atoms with Crippen molar-refractivity contribution in [3.63, 3.8) is 0 Å². The predicted molar refractivity (Wildman–Crippen MR) is 61.3 cm³/mol. The summed E-state index contributed by atoms with van der Waals surface area (Å²) >= 11 is 2.29. The number of fused-ring (bicyclic) bond motifs is 1. The topological polar surface area (TPSA) is 29.1 Å². The molecule has 1 heterocycles. The van der Waals surface area contributed by atoms with E-state index in [1.165, 1.54) is 9.13 Å². The van der Waals surface area contributed by atoms with Crippen molar-refractivity contribution < 1.29 is 4.79 Å². The van der Waals surface area contributed by atoms with Gasteiger partial charge in [0, 0.05) is 27.8 Å². The Morgan fingerprint density at radius 1 is 1.46 bits per heavy atom. The molecule has 1 aromatic carbocycles. The average molecular weight is 287 g/mol. The number of halogens is 1. The number of Topliss-reactive ketones (excluding diaryl/α,β-unsaturated/α-hetero) is 1. The van der Waals surface area contributed by atoms with Gasteiger partial charge in [-0.2, -0.15) is 0 Å². The van der Waals surface area contributed by atoms with Gasteiger partial charge in [-0.05, 0) is 47.2 Å². The van der Waals surface area contributed by atoms with Gasteiger partial charge in [-0.15, -0.1) is 0 Å². The first-order chi connectivity index (χ1) is 6.20. The van der Waals surface area contributed by atoms with Gasteiger partial charge in [-0.3, -0.25) is 4.79 Å². The van der Waals surface area contributed by atoms with E-state index >= 15 is 0 Å². The second-order valence-electron chi connectivity index (χ2n) is 3.19. The summed E-state index contributed by atoms with van der Waals surface area (Å²) in [5, 5.41) is 3.28. The van der Waals surface area contributed by atoms with Gasteiger partial charge in [0.1, 0.15) is 0 Å². The second-order valence-corrected chi connectivity index (χ2v) is 4.36. The first-order valence-corrected chi connectivity index (χ1v) is 5.34. The maximum atomic E-state index is 11.5. The van der Waals surface area contributed by atoms with E-state index in [1.54, 1.807) is 0 Å². The number of rotatable bonds is 0. The van der Waals surface area contributed by atoms with Crippen LogP contribution in [0, 0.1) is 10.5 Å². The van der Waals surface area contributed by atoms with E-state index in [9.17, 15) is 4.79 Å². The molecule has 0 saturated carbocycles. The second kappa shape index (κ2) is 3.29. The molecule has 1 N–H and O–H groups in total. The van der Waals surface area contributed by atoms with Crippen molar-refractivity contribution in [2.75, 3.05) is 11.9 Å². The Bertz CT molecular complexity index is 373. The molecule has 0 spiro atoms. The van der Waals surface area contributed by atoms with Crippen LogP contribution in [-0.2, 0) is 0 Å². The van der Waals surface area contributed by atoms with Crippen molar-refractivity contribution in [1.82, 2.24) is 0 Å².